The van der Waals surface area contributed by atoms with Crippen LogP contribution in [0, 0.1) is 0 Å². The van der Waals surface area contributed by atoms with Crippen molar-refractivity contribution < 1.29 is 18.9 Å². The van der Waals surface area contributed by atoms with Crippen molar-refractivity contribution in [2.24, 2.45) is 0 Å². The van der Waals surface area contributed by atoms with Crippen LogP contribution >= 0.6 is 0 Å². The maximum absolute atomic E-state index is 5.68. The van der Waals surface area contributed by atoms with E-state index < -0.39 is 0 Å². The molecule has 3 aromatic carbocycles. The number of nitrogens with one attached hydrogen (secondary N) is 1. The minimum atomic E-state index is -0.0529. The maximum Gasteiger partial charge on any atom is 0.161 e. The average Bonchev–Trinajstić information content (AvgIpc) is 3.31. The van der Waals surface area contributed by atoms with Crippen molar-refractivity contribution in [2.75, 3.05) is 33.4 Å². The molecule has 0 spiro atoms. The molecule has 6 heteroatoms. The Morgan fingerprint density at radius 1 is 0.727 bits per heavy atom. The Hall–Kier alpha value is -3.90. The average molecular weight is 445 g/mol. The van der Waals surface area contributed by atoms with Gasteiger partial charge in [0.25, 0.3) is 0 Å². The molecule has 1 aliphatic rings. The first-order chi connectivity index (χ1) is 16.2. The number of ether oxygens (including phenoxy) is 4. The minimum Gasteiger partial charge on any atom is -0.496 e. The molecule has 4 rings (SSSR count). The SMILES string of the molecule is COc1ccc(C=CC2C=C(c3c(OC)cccc3OC)N(c3ccccc3)N2)cc1OC. The summed E-state index contributed by atoms with van der Waals surface area (Å²) in [4.78, 5) is 0. The van der Waals surface area contributed by atoms with Crippen molar-refractivity contribution in [3.05, 3.63) is 90.0 Å². The molecule has 33 heavy (non-hydrogen) atoms. The lowest BCUT2D eigenvalue weighted by atomic mass is 10.1. The third-order valence-electron chi connectivity index (χ3n) is 5.46. The smallest absolute Gasteiger partial charge is 0.161 e. The van der Waals surface area contributed by atoms with Crippen molar-refractivity contribution >= 4 is 17.5 Å². The van der Waals surface area contributed by atoms with E-state index in [1.165, 1.54) is 0 Å². The summed E-state index contributed by atoms with van der Waals surface area (Å²) < 4.78 is 22.1. The molecule has 0 aliphatic carbocycles. The lowest BCUT2D eigenvalue weighted by molar-refractivity contribution is 0.355. The predicted molar refractivity (Wildman–Crippen MR) is 132 cm³/mol. The quantitative estimate of drug-likeness (QED) is 0.517. The standard InChI is InChI=1S/C27H28N2O4/c1-30-23-16-14-19(17-26(23)33-4)13-15-20-18-22(29(28-20)21-9-6-5-7-10-21)27-24(31-2)11-8-12-25(27)32-3/h5-18,20,28H,1-4H3. The van der Waals surface area contributed by atoms with E-state index >= 15 is 0 Å². The van der Waals surface area contributed by atoms with Crippen molar-refractivity contribution in [1.29, 1.82) is 0 Å². The summed E-state index contributed by atoms with van der Waals surface area (Å²) in [6.07, 6.45) is 6.32. The molecular weight excluding hydrogens is 416 g/mol. The summed E-state index contributed by atoms with van der Waals surface area (Å²) >= 11 is 0. The molecular formula is C27H28N2O4. The minimum absolute atomic E-state index is 0.0529. The van der Waals surface area contributed by atoms with Crippen LogP contribution in [-0.2, 0) is 0 Å². The molecule has 0 bridgehead atoms. The van der Waals surface area contributed by atoms with Crippen LogP contribution in [0.3, 0.4) is 0 Å². The first-order valence-corrected chi connectivity index (χ1v) is 10.6. The van der Waals surface area contributed by atoms with Crippen LogP contribution in [0.2, 0.25) is 0 Å². The highest BCUT2D eigenvalue weighted by Gasteiger charge is 2.28. The number of anilines is 1. The van der Waals surface area contributed by atoms with E-state index in [-0.39, 0.29) is 6.04 Å². The van der Waals surface area contributed by atoms with Gasteiger partial charge in [-0.2, -0.15) is 0 Å². The number of methoxy groups -OCH3 is 4. The van der Waals surface area contributed by atoms with Gasteiger partial charge in [-0.25, -0.2) is 5.43 Å². The topological polar surface area (TPSA) is 52.2 Å². The zero-order chi connectivity index (χ0) is 23.2. The molecule has 6 nitrogen and oxygen atoms in total. The molecule has 1 heterocycles. The van der Waals surface area contributed by atoms with Gasteiger partial charge in [0.15, 0.2) is 11.5 Å². The van der Waals surface area contributed by atoms with E-state index in [2.05, 4.69) is 40.8 Å². The number of para-hydroxylation sites is 1. The van der Waals surface area contributed by atoms with Crippen LogP contribution in [-0.4, -0.2) is 34.5 Å². The number of rotatable bonds is 8. The number of hydrazine groups is 1. The van der Waals surface area contributed by atoms with E-state index in [1.807, 2.05) is 54.6 Å². The molecule has 1 atom stereocenters. The molecule has 1 N–H and O–H groups in total. The summed E-state index contributed by atoms with van der Waals surface area (Å²) in [5.41, 5.74) is 7.44. The molecule has 1 unspecified atom stereocenters. The molecule has 170 valence electrons. The van der Waals surface area contributed by atoms with Gasteiger partial charge in [0.1, 0.15) is 11.5 Å². The van der Waals surface area contributed by atoms with Gasteiger partial charge in [-0.05, 0) is 48.0 Å². The second-order valence-corrected chi connectivity index (χ2v) is 7.39. The van der Waals surface area contributed by atoms with E-state index in [4.69, 9.17) is 18.9 Å². The molecule has 0 radical (unpaired) electrons. The fourth-order valence-corrected chi connectivity index (χ4v) is 3.86. The highest BCUT2D eigenvalue weighted by Crippen LogP contribution is 2.40. The van der Waals surface area contributed by atoms with Crippen molar-refractivity contribution in [3.8, 4) is 23.0 Å². The lowest BCUT2D eigenvalue weighted by Gasteiger charge is -2.25. The second kappa shape index (κ2) is 10.1. The van der Waals surface area contributed by atoms with Crippen molar-refractivity contribution in [1.82, 2.24) is 5.43 Å². The van der Waals surface area contributed by atoms with Crippen LogP contribution in [0.25, 0.3) is 11.8 Å². The summed E-state index contributed by atoms with van der Waals surface area (Å²) in [5.74, 6) is 2.88. The van der Waals surface area contributed by atoms with Gasteiger partial charge in [0.05, 0.1) is 51.4 Å². The Bertz CT molecular complexity index is 1140. The number of hydrogen-bond acceptors (Lipinski definition) is 6. The van der Waals surface area contributed by atoms with E-state index in [9.17, 15) is 0 Å². The maximum atomic E-state index is 5.68. The molecule has 0 amide bonds. The van der Waals surface area contributed by atoms with Crippen LogP contribution < -0.4 is 29.4 Å². The number of benzene rings is 3. The van der Waals surface area contributed by atoms with Crippen LogP contribution in [0.5, 0.6) is 23.0 Å². The van der Waals surface area contributed by atoms with Gasteiger partial charge in [0.2, 0.25) is 0 Å². The van der Waals surface area contributed by atoms with Crippen LogP contribution in [0.15, 0.2) is 78.9 Å². The molecule has 0 saturated heterocycles. The number of hydrogen-bond donors (Lipinski definition) is 1. The Balaban J connectivity index is 1.72. The van der Waals surface area contributed by atoms with Crippen molar-refractivity contribution in [2.45, 2.75) is 6.04 Å². The summed E-state index contributed by atoms with van der Waals surface area (Å²) in [6, 6.07) is 21.7. The van der Waals surface area contributed by atoms with Gasteiger partial charge in [-0.1, -0.05) is 42.5 Å². The lowest BCUT2D eigenvalue weighted by Crippen LogP contribution is -2.36. The van der Waals surface area contributed by atoms with Crippen molar-refractivity contribution in [3.63, 3.8) is 0 Å². The Morgan fingerprint density at radius 2 is 1.39 bits per heavy atom. The van der Waals surface area contributed by atoms with Gasteiger partial charge < -0.3 is 18.9 Å². The first kappa shape index (κ1) is 22.3. The number of nitrogens with zero attached hydrogens (tertiary/aromatic N) is 1. The van der Waals surface area contributed by atoms with Gasteiger partial charge in [-0.3, -0.25) is 5.01 Å². The predicted octanol–water partition coefficient (Wildman–Crippen LogP) is 5.17. The highest BCUT2D eigenvalue weighted by molar-refractivity contribution is 5.86. The zero-order valence-corrected chi connectivity index (χ0v) is 19.2. The Labute approximate surface area is 194 Å². The fourth-order valence-electron chi connectivity index (χ4n) is 3.86. The summed E-state index contributed by atoms with van der Waals surface area (Å²) in [6.45, 7) is 0. The largest absolute Gasteiger partial charge is 0.496 e. The van der Waals surface area contributed by atoms with Gasteiger partial charge in [-0.15, -0.1) is 0 Å². The third-order valence-corrected chi connectivity index (χ3v) is 5.46. The molecule has 0 aromatic heterocycles. The third kappa shape index (κ3) is 4.66. The fraction of sp³-hybridized carbons (Fsp3) is 0.185. The summed E-state index contributed by atoms with van der Waals surface area (Å²) in [7, 11) is 6.61. The first-order valence-electron chi connectivity index (χ1n) is 10.6. The molecule has 0 saturated carbocycles. The van der Waals surface area contributed by atoms with Crippen LogP contribution in [0.1, 0.15) is 11.1 Å². The summed E-state index contributed by atoms with van der Waals surface area (Å²) in [5, 5.41) is 2.06. The van der Waals surface area contributed by atoms with Gasteiger partial charge in [0, 0.05) is 0 Å². The highest BCUT2D eigenvalue weighted by atomic mass is 16.5. The Kier molecular flexibility index (Phi) is 6.86. The van der Waals surface area contributed by atoms with Gasteiger partial charge >= 0.3 is 0 Å². The second-order valence-electron chi connectivity index (χ2n) is 7.39. The molecule has 0 fully saturated rings. The van der Waals surface area contributed by atoms with E-state index in [1.54, 1.807) is 28.4 Å². The zero-order valence-electron chi connectivity index (χ0n) is 19.2. The van der Waals surface area contributed by atoms with E-state index in [0.717, 1.165) is 34.0 Å². The van der Waals surface area contributed by atoms with E-state index in [0.29, 0.717) is 11.5 Å². The molecule has 1 aliphatic heterocycles. The monoisotopic (exact) mass is 444 g/mol. The Morgan fingerprint density at radius 3 is 2.03 bits per heavy atom. The molecule has 3 aromatic rings. The normalized spacial score (nSPS) is 15.5. The van der Waals surface area contributed by atoms with Crippen LogP contribution in [0.4, 0.5) is 5.69 Å².